The highest BCUT2D eigenvalue weighted by Gasteiger charge is 2.25. The lowest BCUT2D eigenvalue weighted by Crippen LogP contribution is -2.50. The number of likely N-dealkylation sites (tertiary alicyclic amines) is 1. The Hall–Kier alpha value is -0.650. The first-order valence-electron chi connectivity index (χ1n) is 8.88. The van der Waals surface area contributed by atoms with Gasteiger partial charge in [0.15, 0.2) is 0 Å². The van der Waals surface area contributed by atoms with Crippen molar-refractivity contribution in [1.82, 2.24) is 15.1 Å². The molecule has 5 heteroatoms. The highest BCUT2D eigenvalue weighted by Crippen LogP contribution is 2.16. The average Bonchev–Trinajstić information content (AvgIpc) is 2.89. The van der Waals surface area contributed by atoms with Crippen LogP contribution in [0.4, 0.5) is 0 Å². The number of morpholine rings is 1. The zero-order valence-electron chi connectivity index (χ0n) is 14.5. The lowest BCUT2D eigenvalue weighted by Gasteiger charge is -2.35. The number of amides is 1. The smallest absolute Gasteiger partial charge is 0.234 e. The first kappa shape index (κ1) is 17.7. The molecule has 0 radical (unpaired) electrons. The fourth-order valence-corrected chi connectivity index (χ4v) is 3.55. The maximum Gasteiger partial charge on any atom is 0.234 e. The van der Waals surface area contributed by atoms with Gasteiger partial charge in [-0.25, -0.2) is 0 Å². The van der Waals surface area contributed by atoms with Gasteiger partial charge in [-0.1, -0.05) is 13.8 Å². The van der Waals surface area contributed by atoms with Crippen molar-refractivity contribution in [2.45, 2.75) is 52.1 Å². The topological polar surface area (TPSA) is 44.8 Å². The standard InChI is InChI=1S/C17H33N3O2/c1-14(2)11-16(19-7-9-22-10-8-19)12-18-17(21)13-20-6-4-5-15(20)3/h14-16H,4-13H2,1-3H3,(H,18,21)/t15-,16-/m1/s1. The third-order valence-corrected chi connectivity index (χ3v) is 4.88. The summed E-state index contributed by atoms with van der Waals surface area (Å²) in [5.74, 6) is 0.819. The zero-order chi connectivity index (χ0) is 15.9. The fourth-order valence-electron chi connectivity index (χ4n) is 3.55. The summed E-state index contributed by atoms with van der Waals surface area (Å²) in [4.78, 5) is 17.0. The monoisotopic (exact) mass is 311 g/mol. The molecule has 0 saturated carbocycles. The summed E-state index contributed by atoms with van der Waals surface area (Å²) in [5, 5.41) is 3.17. The van der Waals surface area contributed by atoms with E-state index < -0.39 is 0 Å². The van der Waals surface area contributed by atoms with Crippen LogP contribution < -0.4 is 5.32 Å². The van der Waals surface area contributed by atoms with Gasteiger partial charge in [0, 0.05) is 31.7 Å². The minimum atomic E-state index is 0.177. The minimum absolute atomic E-state index is 0.177. The molecule has 2 rings (SSSR count). The maximum absolute atomic E-state index is 12.2. The van der Waals surface area contributed by atoms with Gasteiger partial charge in [0.2, 0.25) is 5.91 Å². The molecule has 2 fully saturated rings. The molecule has 128 valence electrons. The summed E-state index contributed by atoms with van der Waals surface area (Å²) in [6.07, 6.45) is 3.57. The van der Waals surface area contributed by atoms with Crippen molar-refractivity contribution >= 4 is 5.91 Å². The highest BCUT2D eigenvalue weighted by molar-refractivity contribution is 5.78. The molecular weight excluding hydrogens is 278 g/mol. The normalized spacial score (nSPS) is 25.5. The van der Waals surface area contributed by atoms with Gasteiger partial charge in [0.05, 0.1) is 19.8 Å². The Balaban J connectivity index is 1.77. The second-order valence-electron chi connectivity index (χ2n) is 7.20. The molecule has 2 aliphatic rings. The Morgan fingerprint density at radius 3 is 2.59 bits per heavy atom. The van der Waals surface area contributed by atoms with Gasteiger partial charge in [-0.3, -0.25) is 14.6 Å². The largest absolute Gasteiger partial charge is 0.379 e. The summed E-state index contributed by atoms with van der Waals surface area (Å²) in [7, 11) is 0. The number of hydrogen-bond acceptors (Lipinski definition) is 4. The molecule has 0 aromatic rings. The quantitative estimate of drug-likeness (QED) is 0.770. The summed E-state index contributed by atoms with van der Waals surface area (Å²) in [6, 6.07) is 0.986. The van der Waals surface area contributed by atoms with Gasteiger partial charge in [-0.15, -0.1) is 0 Å². The molecule has 0 aliphatic carbocycles. The first-order chi connectivity index (χ1) is 10.6. The lowest BCUT2D eigenvalue weighted by molar-refractivity contribution is -0.122. The third kappa shape index (κ3) is 5.52. The molecule has 2 heterocycles. The van der Waals surface area contributed by atoms with Crippen LogP contribution in [0, 0.1) is 5.92 Å². The van der Waals surface area contributed by atoms with E-state index in [1.807, 2.05) is 0 Å². The van der Waals surface area contributed by atoms with Crippen LogP contribution in [0.25, 0.3) is 0 Å². The van der Waals surface area contributed by atoms with E-state index in [-0.39, 0.29) is 5.91 Å². The van der Waals surface area contributed by atoms with Crippen molar-refractivity contribution in [3.63, 3.8) is 0 Å². The molecule has 2 atom stereocenters. The van der Waals surface area contributed by atoms with E-state index >= 15 is 0 Å². The molecule has 5 nitrogen and oxygen atoms in total. The summed E-state index contributed by atoms with van der Waals surface area (Å²) >= 11 is 0. The van der Waals surface area contributed by atoms with Gasteiger partial charge in [-0.05, 0) is 38.6 Å². The molecule has 0 spiro atoms. The van der Waals surface area contributed by atoms with Crippen molar-refractivity contribution in [3.05, 3.63) is 0 Å². The molecule has 0 aromatic carbocycles. The SMILES string of the molecule is CC(C)C[C@H](CNC(=O)CN1CCC[C@H]1C)N1CCOCC1. The van der Waals surface area contributed by atoms with Crippen molar-refractivity contribution in [2.75, 3.05) is 45.9 Å². The van der Waals surface area contributed by atoms with Crippen molar-refractivity contribution in [1.29, 1.82) is 0 Å². The molecule has 0 bridgehead atoms. The zero-order valence-corrected chi connectivity index (χ0v) is 14.5. The van der Waals surface area contributed by atoms with Crippen LogP contribution in [0.5, 0.6) is 0 Å². The van der Waals surface area contributed by atoms with E-state index in [1.165, 1.54) is 12.8 Å². The van der Waals surface area contributed by atoms with E-state index in [4.69, 9.17) is 4.74 Å². The van der Waals surface area contributed by atoms with Gasteiger partial charge in [0.25, 0.3) is 0 Å². The first-order valence-corrected chi connectivity index (χ1v) is 8.88. The van der Waals surface area contributed by atoms with Gasteiger partial charge in [-0.2, -0.15) is 0 Å². The molecule has 1 amide bonds. The number of carbonyl (C=O) groups is 1. The predicted octanol–water partition coefficient (Wildman–Crippen LogP) is 1.33. The van der Waals surface area contributed by atoms with E-state index in [1.54, 1.807) is 0 Å². The lowest BCUT2D eigenvalue weighted by atomic mass is 10.0. The van der Waals surface area contributed by atoms with Crippen LogP contribution in [0.2, 0.25) is 0 Å². The van der Waals surface area contributed by atoms with Crippen LogP contribution in [0.15, 0.2) is 0 Å². The van der Waals surface area contributed by atoms with E-state index in [2.05, 4.69) is 35.9 Å². The predicted molar refractivity (Wildman–Crippen MR) is 88.9 cm³/mol. The van der Waals surface area contributed by atoms with Gasteiger partial charge < -0.3 is 10.1 Å². The maximum atomic E-state index is 12.2. The fraction of sp³-hybridized carbons (Fsp3) is 0.941. The van der Waals surface area contributed by atoms with Crippen LogP contribution in [0.3, 0.4) is 0 Å². The number of hydrogen-bond donors (Lipinski definition) is 1. The van der Waals surface area contributed by atoms with E-state index in [9.17, 15) is 4.79 Å². The summed E-state index contributed by atoms with van der Waals surface area (Å²) in [6.45, 7) is 12.7. The van der Waals surface area contributed by atoms with Crippen LogP contribution >= 0.6 is 0 Å². The summed E-state index contributed by atoms with van der Waals surface area (Å²) in [5.41, 5.74) is 0. The molecule has 2 saturated heterocycles. The number of nitrogens with one attached hydrogen (secondary N) is 1. The Kier molecular flexibility index (Phi) is 7.12. The Morgan fingerprint density at radius 1 is 1.27 bits per heavy atom. The molecule has 22 heavy (non-hydrogen) atoms. The van der Waals surface area contributed by atoms with Crippen molar-refractivity contribution in [3.8, 4) is 0 Å². The Labute approximate surface area is 135 Å². The minimum Gasteiger partial charge on any atom is -0.379 e. The van der Waals surface area contributed by atoms with Crippen LogP contribution in [-0.2, 0) is 9.53 Å². The Bertz CT molecular complexity index is 343. The number of rotatable bonds is 7. The molecule has 0 aromatic heterocycles. The van der Waals surface area contributed by atoms with E-state index in [0.29, 0.717) is 24.5 Å². The molecule has 0 unspecified atom stereocenters. The molecule has 1 N–H and O–H groups in total. The second kappa shape index (κ2) is 8.85. The Morgan fingerprint density at radius 2 is 2.00 bits per heavy atom. The van der Waals surface area contributed by atoms with Crippen LogP contribution in [0.1, 0.15) is 40.0 Å². The van der Waals surface area contributed by atoms with Crippen molar-refractivity contribution < 1.29 is 9.53 Å². The van der Waals surface area contributed by atoms with Gasteiger partial charge in [0.1, 0.15) is 0 Å². The number of ether oxygens (including phenoxy) is 1. The highest BCUT2D eigenvalue weighted by atomic mass is 16.5. The van der Waals surface area contributed by atoms with Gasteiger partial charge >= 0.3 is 0 Å². The third-order valence-electron chi connectivity index (χ3n) is 4.88. The van der Waals surface area contributed by atoms with Crippen molar-refractivity contribution in [2.24, 2.45) is 5.92 Å². The van der Waals surface area contributed by atoms with Crippen LogP contribution in [-0.4, -0.2) is 73.7 Å². The number of nitrogens with zero attached hydrogens (tertiary/aromatic N) is 2. The average molecular weight is 311 g/mol. The molecule has 2 aliphatic heterocycles. The second-order valence-corrected chi connectivity index (χ2v) is 7.20. The molecular formula is C17H33N3O2. The number of carbonyl (C=O) groups excluding carboxylic acids is 1. The van der Waals surface area contributed by atoms with E-state index in [0.717, 1.165) is 45.8 Å². The summed E-state index contributed by atoms with van der Waals surface area (Å²) < 4.78 is 5.45.